The fourth-order valence-corrected chi connectivity index (χ4v) is 3.64. The van der Waals surface area contributed by atoms with E-state index in [9.17, 15) is 13.2 Å². The van der Waals surface area contributed by atoms with Gasteiger partial charge in [0.2, 0.25) is 10.0 Å². The minimum Gasteiger partial charge on any atom is -0.457 e. The van der Waals surface area contributed by atoms with E-state index >= 15 is 0 Å². The second kappa shape index (κ2) is 7.10. The van der Waals surface area contributed by atoms with Crippen LogP contribution in [0.1, 0.15) is 21.6 Å². The minimum atomic E-state index is -3.30. The fraction of sp³-hybridized carbons (Fsp3) is 0.158. The molecule has 2 heterocycles. The van der Waals surface area contributed by atoms with Crippen molar-refractivity contribution in [3.8, 4) is 11.5 Å². The lowest BCUT2D eigenvalue weighted by molar-refractivity contribution is 0.100. The molecule has 8 nitrogen and oxygen atoms in total. The van der Waals surface area contributed by atoms with E-state index in [0.29, 0.717) is 22.8 Å². The minimum absolute atomic E-state index is 0.179. The van der Waals surface area contributed by atoms with Crippen LogP contribution in [-0.4, -0.2) is 34.8 Å². The lowest BCUT2D eigenvalue weighted by Gasteiger charge is -2.13. The zero-order chi connectivity index (χ0) is 19.7. The van der Waals surface area contributed by atoms with Gasteiger partial charge in [-0.05, 0) is 36.4 Å². The third kappa shape index (κ3) is 3.75. The van der Waals surface area contributed by atoms with Crippen LogP contribution in [0.25, 0.3) is 0 Å². The second-order valence-electron chi connectivity index (χ2n) is 6.44. The molecule has 0 spiro atoms. The Morgan fingerprint density at radius 3 is 2.39 bits per heavy atom. The van der Waals surface area contributed by atoms with Crippen LogP contribution in [0.2, 0.25) is 0 Å². The second-order valence-corrected chi connectivity index (χ2v) is 8.42. The quantitative estimate of drug-likeness (QED) is 0.712. The molecule has 4 rings (SSSR count). The summed E-state index contributed by atoms with van der Waals surface area (Å²) in [5.41, 5.74) is 4.55. The molecule has 1 aromatic heterocycles. The predicted octanol–water partition coefficient (Wildman–Crippen LogP) is 2.33. The van der Waals surface area contributed by atoms with Gasteiger partial charge in [-0.15, -0.1) is 0 Å². The Balaban J connectivity index is 1.44. The number of ether oxygens (including phenoxy) is 1. The summed E-state index contributed by atoms with van der Waals surface area (Å²) in [7, 11) is -3.30. The Morgan fingerprint density at radius 2 is 1.71 bits per heavy atom. The molecular formula is C19H18N4O4S. The molecule has 0 fully saturated rings. The highest BCUT2D eigenvalue weighted by atomic mass is 32.2. The standard InChI is InChI=1S/C19H18N4O4S/c1-28(25,26)22-12-15-11-20-23(18(15)13-22)21-19(24)14-7-9-17(10-8-14)27-16-5-3-2-4-6-16/h2-11H,12-13H2,1H3,(H,21,24). The summed E-state index contributed by atoms with van der Waals surface area (Å²) in [5, 5.41) is 4.13. The number of aromatic nitrogens is 2. The first-order valence-corrected chi connectivity index (χ1v) is 10.4. The number of fused-ring (bicyclic) bond motifs is 1. The zero-order valence-electron chi connectivity index (χ0n) is 15.1. The SMILES string of the molecule is CS(=O)(=O)N1Cc2cnn(NC(=O)c3ccc(Oc4ccccc4)cc3)c2C1. The Bertz CT molecular complexity index is 1110. The van der Waals surface area contributed by atoms with Gasteiger partial charge >= 0.3 is 0 Å². The van der Waals surface area contributed by atoms with Gasteiger partial charge in [-0.1, -0.05) is 18.2 Å². The first-order chi connectivity index (χ1) is 13.4. The van der Waals surface area contributed by atoms with Crippen LogP contribution in [0.5, 0.6) is 11.5 Å². The fourth-order valence-electron chi connectivity index (χ4n) is 2.91. The summed E-state index contributed by atoms with van der Waals surface area (Å²) in [6, 6.07) is 16.1. The van der Waals surface area contributed by atoms with Crippen molar-refractivity contribution in [2.45, 2.75) is 13.1 Å². The molecule has 144 valence electrons. The molecule has 0 bridgehead atoms. The largest absolute Gasteiger partial charge is 0.457 e. The van der Waals surface area contributed by atoms with E-state index in [1.54, 1.807) is 30.5 Å². The summed E-state index contributed by atoms with van der Waals surface area (Å²) in [4.78, 5) is 13.8. The van der Waals surface area contributed by atoms with Crippen LogP contribution in [0.4, 0.5) is 0 Å². The molecule has 0 saturated carbocycles. The van der Waals surface area contributed by atoms with Gasteiger partial charge in [0.15, 0.2) is 0 Å². The highest BCUT2D eigenvalue weighted by Crippen LogP contribution is 2.24. The van der Waals surface area contributed by atoms with E-state index in [1.807, 2.05) is 30.3 Å². The molecule has 0 radical (unpaired) electrons. The number of benzene rings is 2. The van der Waals surface area contributed by atoms with Gasteiger partial charge in [-0.2, -0.15) is 14.2 Å². The third-order valence-electron chi connectivity index (χ3n) is 4.40. The summed E-state index contributed by atoms with van der Waals surface area (Å²) in [6.07, 6.45) is 2.73. The summed E-state index contributed by atoms with van der Waals surface area (Å²) < 4.78 is 30.5. The van der Waals surface area contributed by atoms with Crippen molar-refractivity contribution < 1.29 is 17.9 Å². The number of hydrogen-bond donors (Lipinski definition) is 1. The molecule has 0 unspecified atom stereocenters. The first-order valence-electron chi connectivity index (χ1n) is 8.55. The molecule has 1 N–H and O–H groups in total. The van der Waals surface area contributed by atoms with Crippen LogP contribution >= 0.6 is 0 Å². The van der Waals surface area contributed by atoms with Crippen molar-refractivity contribution in [2.75, 3.05) is 11.7 Å². The Hall–Kier alpha value is -3.17. The van der Waals surface area contributed by atoms with E-state index in [0.717, 1.165) is 11.8 Å². The first kappa shape index (κ1) is 18.2. The van der Waals surface area contributed by atoms with Crippen molar-refractivity contribution in [1.29, 1.82) is 0 Å². The van der Waals surface area contributed by atoms with Crippen molar-refractivity contribution in [3.05, 3.63) is 77.6 Å². The summed E-state index contributed by atoms with van der Waals surface area (Å²) in [6.45, 7) is 0.438. The molecule has 0 saturated heterocycles. The Morgan fingerprint density at radius 1 is 1.04 bits per heavy atom. The average molecular weight is 398 g/mol. The van der Waals surface area contributed by atoms with Gasteiger partial charge in [-0.3, -0.25) is 4.79 Å². The number of nitrogens with one attached hydrogen (secondary N) is 1. The Labute approximate surface area is 162 Å². The van der Waals surface area contributed by atoms with Crippen LogP contribution < -0.4 is 10.2 Å². The number of nitrogens with zero attached hydrogens (tertiary/aromatic N) is 3. The topological polar surface area (TPSA) is 93.5 Å². The summed E-state index contributed by atoms with van der Waals surface area (Å²) >= 11 is 0. The molecule has 2 aromatic carbocycles. The molecule has 1 amide bonds. The molecule has 1 aliphatic heterocycles. The molecule has 1 aliphatic rings. The van der Waals surface area contributed by atoms with Gasteiger partial charge < -0.3 is 4.74 Å². The highest BCUT2D eigenvalue weighted by molar-refractivity contribution is 7.88. The number of para-hydroxylation sites is 1. The number of rotatable bonds is 5. The van der Waals surface area contributed by atoms with Crippen molar-refractivity contribution in [1.82, 2.24) is 14.2 Å². The van der Waals surface area contributed by atoms with E-state index in [-0.39, 0.29) is 19.0 Å². The van der Waals surface area contributed by atoms with Gasteiger partial charge in [0.25, 0.3) is 5.91 Å². The van der Waals surface area contributed by atoms with Crippen LogP contribution in [-0.2, 0) is 23.1 Å². The number of sulfonamides is 1. The lowest BCUT2D eigenvalue weighted by Crippen LogP contribution is -2.28. The maximum absolute atomic E-state index is 12.5. The van der Waals surface area contributed by atoms with Crippen LogP contribution in [0, 0.1) is 0 Å². The van der Waals surface area contributed by atoms with Crippen LogP contribution in [0.3, 0.4) is 0 Å². The van der Waals surface area contributed by atoms with E-state index in [2.05, 4.69) is 10.5 Å². The maximum atomic E-state index is 12.5. The molecule has 28 heavy (non-hydrogen) atoms. The number of hydrogen-bond acceptors (Lipinski definition) is 5. The van der Waals surface area contributed by atoms with Crippen molar-refractivity contribution in [3.63, 3.8) is 0 Å². The smallest absolute Gasteiger partial charge is 0.271 e. The Kier molecular flexibility index (Phi) is 4.62. The molecule has 0 aliphatic carbocycles. The monoisotopic (exact) mass is 398 g/mol. The molecule has 3 aromatic rings. The summed E-state index contributed by atoms with van der Waals surface area (Å²) in [5.74, 6) is 0.976. The van der Waals surface area contributed by atoms with Gasteiger partial charge in [0, 0.05) is 17.7 Å². The van der Waals surface area contributed by atoms with Crippen LogP contribution in [0.15, 0.2) is 60.8 Å². The van der Waals surface area contributed by atoms with Gasteiger partial charge in [0.1, 0.15) is 11.5 Å². The van der Waals surface area contributed by atoms with Gasteiger partial charge in [0.05, 0.1) is 24.7 Å². The van der Waals surface area contributed by atoms with E-state index in [4.69, 9.17) is 4.74 Å². The predicted molar refractivity (Wildman–Crippen MR) is 103 cm³/mol. The number of amides is 1. The molecule has 9 heteroatoms. The maximum Gasteiger partial charge on any atom is 0.271 e. The van der Waals surface area contributed by atoms with E-state index < -0.39 is 10.0 Å². The molecule has 0 atom stereocenters. The van der Waals surface area contributed by atoms with Crippen molar-refractivity contribution in [2.24, 2.45) is 0 Å². The number of carbonyl (C=O) groups excluding carboxylic acids is 1. The molecular weight excluding hydrogens is 380 g/mol. The average Bonchev–Trinajstić information content (AvgIpc) is 3.25. The van der Waals surface area contributed by atoms with Crippen molar-refractivity contribution >= 4 is 15.9 Å². The highest BCUT2D eigenvalue weighted by Gasteiger charge is 2.30. The number of carbonyl (C=O) groups is 1. The lowest BCUT2D eigenvalue weighted by atomic mass is 10.2. The normalized spacial score (nSPS) is 13.9. The van der Waals surface area contributed by atoms with Gasteiger partial charge in [-0.25, -0.2) is 13.8 Å². The third-order valence-corrected chi connectivity index (χ3v) is 5.60. The zero-order valence-corrected chi connectivity index (χ0v) is 15.9. The van der Waals surface area contributed by atoms with E-state index in [1.165, 1.54) is 9.10 Å².